The van der Waals surface area contributed by atoms with Crippen LogP contribution in [0.2, 0.25) is 0 Å². The third-order valence-corrected chi connectivity index (χ3v) is 7.23. The highest BCUT2D eigenvalue weighted by Crippen LogP contribution is 2.35. The number of aromatic nitrogens is 1. The summed E-state index contributed by atoms with van der Waals surface area (Å²) in [6, 6.07) is 21.1. The van der Waals surface area contributed by atoms with Crippen molar-refractivity contribution in [3.05, 3.63) is 89.8 Å². The molecule has 1 aromatic heterocycles. The number of ether oxygens (including phenoxy) is 2. The molecule has 0 saturated carbocycles. The van der Waals surface area contributed by atoms with Crippen LogP contribution in [-0.2, 0) is 16.6 Å². The number of hydrogen-bond acceptors (Lipinski definition) is 6. The third kappa shape index (κ3) is 4.63. The molecule has 7 nitrogen and oxygen atoms in total. The molecule has 0 fully saturated rings. The Kier molecular flexibility index (Phi) is 6.61. The van der Waals surface area contributed by atoms with Crippen LogP contribution in [0, 0.1) is 13.8 Å². The van der Waals surface area contributed by atoms with Crippen LogP contribution in [-0.4, -0.2) is 27.6 Å². The molecular formula is C26H26N2O5S. The molecule has 0 atom stereocenters. The van der Waals surface area contributed by atoms with E-state index in [1.807, 2.05) is 31.2 Å². The van der Waals surface area contributed by atoms with Gasteiger partial charge in [0.1, 0.15) is 23.0 Å². The summed E-state index contributed by atoms with van der Waals surface area (Å²) in [6.45, 7) is 3.74. The molecule has 0 aliphatic rings. The Balaban J connectivity index is 1.79. The number of rotatable bonds is 8. The topological polar surface area (TPSA) is 81.9 Å². The van der Waals surface area contributed by atoms with E-state index in [-0.39, 0.29) is 11.4 Å². The Bertz CT molecular complexity index is 1390. The van der Waals surface area contributed by atoms with E-state index in [4.69, 9.17) is 13.9 Å². The van der Waals surface area contributed by atoms with Gasteiger partial charge in [-0.15, -0.1) is 0 Å². The van der Waals surface area contributed by atoms with Crippen molar-refractivity contribution in [3.63, 3.8) is 0 Å². The molecule has 1 heterocycles. The SMILES string of the molecule is COc1ccc(S(=O)(=O)N(Cc2nc(-c3cccc(C)c3)oc2C)c2ccccc2OC)cc1. The highest BCUT2D eigenvalue weighted by Gasteiger charge is 2.29. The van der Waals surface area contributed by atoms with Crippen LogP contribution < -0.4 is 13.8 Å². The third-order valence-electron chi connectivity index (χ3n) is 5.45. The number of anilines is 1. The highest BCUT2D eigenvalue weighted by molar-refractivity contribution is 7.92. The standard InChI is InChI=1S/C26H26N2O5S/c1-18-8-7-9-20(16-18)26-27-23(19(2)33-26)17-28(24-10-5-6-11-25(24)32-4)34(29,30)22-14-12-21(31-3)13-15-22/h5-16H,17H2,1-4H3. The van der Waals surface area contributed by atoms with Crippen LogP contribution in [0.4, 0.5) is 5.69 Å². The van der Waals surface area contributed by atoms with Crippen molar-refractivity contribution in [1.29, 1.82) is 0 Å². The van der Waals surface area contributed by atoms with Crippen molar-refractivity contribution in [1.82, 2.24) is 4.98 Å². The zero-order valence-electron chi connectivity index (χ0n) is 19.5. The molecule has 0 spiro atoms. The van der Waals surface area contributed by atoms with E-state index in [0.29, 0.717) is 34.5 Å². The van der Waals surface area contributed by atoms with Gasteiger partial charge in [-0.2, -0.15) is 0 Å². The van der Waals surface area contributed by atoms with E-state index in [1.54, 1.807) is 43.3 Å². The van der Waals surface area contributed by atoms with E-state index >= 15 is 0 Å². The van der Waals surface area contributed by atoms with Gasteiger partial charge in [0.05, 0.1) is 31.3 Å². The lowest BCUT2D eigenvalue weighted by Crippen LogP contribution is -2.31. The summed E-state index contributed by atoms with van der Waals surface area (Å²) in [5.74, 6) is 1.98. The molecule has 0 aliphatic carbocycles. The van der Waals surface area contributed by atoms with Gasteiger partial charge >= 0.3 is 0 Å². The minimum atomic E-state index is -3.97. The van der Waals surface area contributed by atoms with E-state index in [1.165, 1.54) is 30.7 Å². The number of methoxy groups -OCH3 is 2. The molecule has 0 aliphatic heterocycles. The van der Waals surface area contributed by atoms with E-state index in [2.05, 4.69) is 4.98 Å². The lowest BCUT2D eigenvalue weighted by Gasteiger charge is -2.25. The van der Waals surface area contributed by atoms with Crippen molar-refractivity contribution in [3.8, 4) is 23.0 Å². The molecule has 0 bridgehead atoms. The molecule has 8 heteroatoms. The molecule has 0 amide bonds. The molecule has 0 N–H and O–H groups in total. The molecule has 4 aromatic rings. The van der Waals surface area contributed by atoms with Crippen LogP contribution in [0.3, 0.4) is 0 Å². The Morgan fingerprint density at radius 1 is 0.912 bits per heavy atom. The van der Waals surface area contributed by atoms with Crippen LogP contribution in [0.15, 0.2) is 82.1 Å². The molecule has 0 unspecified atom stereocenters. The number of hydrogen-bond donors (Lipinski definition) is 0. The predicted molar refractivity (Wildman–Crippen MR) is 131 cm³/mol. The number of nitrogens with zero attached hydrogens (tertiary/aromatic N) is 2. The maximum atomic E-state index is 13.8. The summed E-state index contributed by atoms with van der Waals surface area (Å²) in [6.07, 6.45) is 0. The number of benzene rings is 3. The molecular weight excluding hydrogens is 452 g/mol. The minimum absolute atomic E-state index is 0.0319. The molecule has 0 radical (unpaired) electrons. The van der Waals surface area contributed by atoms with Gasteiger partial charge in [-0.25, -0.2) is 13.4 Å². The van der Waals surface area contributed by atoms with Crippen molar-refractivity contribution in [2.75, 3.05) is 18.5 Å². The summed E-state index contributed by atoms with van der Waals surface area (Å²) in [5, 5.41) is 0. The first-order chi connectivity index (χ1) is 16.3. The molecule has 0 saturated heterocycles. The summed E-state index contributed by atoms with van der Waals surface area (Å²) in [7, 11) is -0.933. The van der Waals surface area contributed by atoms with Gasteiger partial charge in [0, 0.05) is 5.56 Å². The van der Waals surface area contributed by atoms with E-state index in [9.17, 15) is 8.42 Å². The lowest BCUT2D eigenvalue weighted by atomic mass is 10.1. The van der Waals surface area contributed by atoms with Gasteiger partial charge in [0.2, 0.25) is 5.89 Å². The zero-order chi connectivity index (χ0) is 24.3. The van der Waals surface area contributed by atoms with Crippen LogP contribution in [0.5, 0.6) is 11.5 Å². The van der Waals surface area contributed by atoms with Crippen LogP contribution in [0.25, 0.3) is 11.5 Å². The maximum Gasteiger partial charge on any atom is 0.264 e. The number of aryl methyl sites for hydroxylation is 2. The number of para-hydroxylation sites is 2. The Morgan fingerprint density at radius 2 is 1.65 bits per heavy atom. The average molecular weight is 479 g/mol. The Labute approximate surface area is 199 Å². The fraction of sp³-hybridized carbons (Fsp3) is 0.192. The van der Waals surface area contributed by atoms with Gasteiger partial charge in [0.15, 0.2) is 0 Å². The van der Waals surface area contributed by atoms with Gasteiger partial charge in [-0.3, -0.25) is 4.31 Å². The monoisotopic (exact) mass is 478 g/mol. The number of sulfonamides is 1. The predicted octanol–water partition coefficient (Wildman–Crippen LogP) is 5.37. The quantitative estimate of drug-likeness (QED) is 0.339. The second kappa shape index (κ2) is 9.61. The van der Waals surface area contributed by atoms with Crippen LogP contribution >= 0.6 is 0 Å². The zero-order valence-corrected chi connectivity index (χ0v) is 20.3. The number of oxazole rings is 1. The van der Waals surface area contributed by atoms with Crippen molar-refractivity contribution >= 4 is 15.7 Å². The fourth-order valence-corrected chi connectivity index (χ4v) is 5.06. The van der Waals surface area contributed by atoms with Crippen molar-refractivity contribution < 1.29 is 22.3 Å². The average Bonchev–Trinajstić information content (AvgIpc) is 3.22. The second-order valence-electron chi connectivity index (χ2n) is 7.75. The minimum Gasteiger partial charge on any atom is -0.497 e. The first kappa shape index (κ1) is 23.4. The Hall–Kier alpha value is -3.78. The molecule has 176 valence electrons. The van der Waals surface area contributed by atoms with E-state index < -0.39 is 10.0 Å². The first-order valence-corrected chi connectivity index (χ1v) is 12.1. The van der Waals surface area contributed by atoms with Crippen molar-refractivity contribution in [2.24, 2.45) is 0 Å². The normalized spacial score (nSPS) is 11.3. The smallest absolute Gasteiger partial charge is 0.264 e. The molecule has 3 aromatic carbocycles. The van der Waals surface area contributed by atoms with Gasteiger partial charge in [-0.05, 0) is 62.4 Å². The Morgan fingerprint density at radius 3 is 2.32 bits per heavy atom. The second-order valence-corrected chi connectivity index (χ2v) is 9.61. The van der Waals surface area contributed by atoms with Gasteiger partial charge in [-0.1, -0.05) is 29.8 Å². The summed E-state index contributed by atoms with van der Waals surface area (Å²) in [4.78, 5) is 4.77. The lowest BCUT2D eigenvalue weighted by molar-refractivity contribution is 0.414. The first-order valence-electron chi connectivity index (χ1n) is 10.7. The maximum absolute atomic E-state index is 13.8. The highest BCUT2D eigenvalue weighted by atomic mass is 32.2. The van der Waals surface area contributed by atoms with Gasteiger partial charge in [0.25, 0.3) is 10.0 Å². The summed E-state index contributed by atoms with van der Waals surface area (Å²) >= 11 is 0. The summed E-state index contributed by atoms with van der Waals surface area (Å²) < 4.78 is 45.5. The molecule has 4 rings (SSSR count). The fourth-order valence-electron chi connectivity index (χ4n) is 3.62. The van der Waals surface area contributed by atoms with Gasteiger partial charge < -0.3 is 13.9 Å². The van der Waals surface area contributed by atoms with Crippen LogP contribution in [0.1, 0.15) is 17.0 Å². The summed E-state index contributed by atoms with van der Waals surface area (Å²) in [5.41, 5.74) is 2.82. The molecule has 34 heavy (non-hydrogen) atoms. The largest absolute Gasteiger partial charge is 0.497 e. The van der Waals surface area contributed by atoms with Crippen molar-refractivity contribution in [2.45, 2.75) is 25.3 Å². The van der Waals surface area contributed by atoms with E-state index in [0.717, 1.165) is 11.1 Å².